The highest BCUT2D eigenvalue weighted by molar-refractivity contribution is 6.36. The Morgan fingerprint density at radius 3 is 2.33 bits per heavy atom. The summed E-state index contributed by atoms with van der Waals surface area (Å²) in [5, 5.41) is 8.16. The molecule has 0 fully saturated rings. The molecule has 0 aromatic rings. The predicted octanol–water partition coefficient (Wildman–Crippen LogP) is -0.902. The van der Waals surface area contributed by atoms with Gasteiger partial charge in [-0.15, -0.1) is 0 Å². The molecule has 2 N–H and O–H groups in total. The first kappa shape index (κ1) is 10.6. The highest BCUT2D eigenvalue weighted by Crippen LogP contribution is 1.90. The Morgan fingerprint density at radius 1 is 1.33 bits per heavy atom. The van der Waals surface area contributed by atoms with Gasteiger partial charge in [0.15, 0.2) is 0 Å². The first-order valence-electron chi connectivity index (χ1n) is 3.16. The van der Waals surface area contributed by atoms with Gasteiger partial charge in [-0.05, 0) is 0 Å². The van der Waals surface area contributed by atoms with E-state index in [9.17, 15) is 14.4 Å². The number of carboxylic acid groups (broad SMARTS) is 1. The lowest BCUT2D eigenvalue weighted by atomic mass is 10.2. The van der Waals surface area contributed by atoms with Crippen molar-refractivity contribution < 1.29 is 24.3 Å². The molecule has 0 spiro atoms. The van der Waals surface area contributed by atoms with Crippen LogP contribution in [0.4, 0.5) is 0 Å². The Bertz CT molecular complexity index is 200. The van der Waals surface area contributed by atoms with Crippen LogP contribution in [-0.2, 0) is 19.2 Å². The van der Waals surface area contributed by atoms with Crippen LogP contribution in [-0.4, -0.2) is 29.9 Å². The lowest BCUT2D eigenvalue weighted by molar-refractivity contribution is -0.145. The quantitative estimate of drug-likeness (QED) is 0.417. The van der Waals surface area contributed by atoms with E-state index in [0.717, 1.165) is 0 Å². The zero-order valence-corrected chi connectivity index (χ0v) is 6.49. The largest absolute Gasteiger partial charge is 0.481 e. The molecule has 0 aromatic carbocycles. The minimum atomic E-state index is -1.12. The van der Waals surface area contributed by atoms with Crippen molar-refractivity contribution in [3.63, 3.8) is 0 Å². The van der Waals surface area contributed by atoms with Gasteiger partial charge in [0, 0.05) is 6.42 Å². The van der Waals surface area contributed by atoms with Gasteiger partial charge in [0.1, 0.15) is 0 Å². The number of ketones is 1. The minimum Gasteiger partial charge on any atom is -0.481 e. The van der Waals surface area contributed by atoms with E-state index in [0.29, 0.717) is 0 Å². The van der Waals surface area contributed by atoms with Gasteiger partial charge in [0.25, 0.3) is 0 Å². The molecule has 1 amide bonds. The molecule has 0 atom stereocenters. The van der Waals surface area contributed by atoms with Crippen LogP contribution in [0.1, 0.15) is 12.8 Å². The summed E-state index contributed by atoms with van der Waals surface area (Å²) in [6, 6.07) is 0. The van der Waals surface area contributed by atoms with Crippen LogP contribution < -0.4 is 5.48 Å². The Kier molecular flexibility index (Phi) is 4.62. The molecule has 0 aromatic heterocycles. The van der Waals surface area contributed by atoms with Gasteiger partial charge in [-0.2, -0.15) is 0 Å². The maximum Gasteiger partial charge on any atom is 0.310 e. The average Bonchev–Trinajstić information content (AvgIpc) is 2.00. The molecule has 0 aliphatic heterocycles. The maximum atomic E-state index is 10.7. The molecular weight excluding hydrogens is 166 g/mol. The molecule has 0 saturated heterocycles. The van der Waals surface area contributed by atoms with Crippen LogP contribution in [0.15, 0.2) is 0 Å². The third kappa shape index (κ3) is 4.40. The van der Waals surface area contributed by atoms with Crippen molar-refractivity contribution >= 4 is 17.7 Å². The maximum absolute atomic E-state index is 10.7. The van der Waals surface area contributed by atoms with Crippen LogP contribution in [0.2, 0.25) is 0 Å². The Balaban J connectivity index is 3.72. The van der Waals surface area contributed by atoms with E-state index < -0.39 is 17.7 Å². The monoisotopic (exact) mass is 175 g/mol. The summed E-state index contributed by atoms with van der Waals surface area (Å²) in [6.45, 7) is 0. The van der Waals surface area contributed by atoms with E-state index in [1.165, 1.54) is 7.11 Å². The van der Waals surface area contributed by atoms with Crippen molar-refractivity contribution in [2.24, 2.45) is 0 Å². The fourth-order valence-electron chi connectivity index (χ4n) is 0.484. The van der Waals surface area contributed by atoms with Crippen molar-refractivity contribution in [1.29, 1.82) is 0 Å². The first-order chi connectivity index (χ1) is 5.57. The van der Waals surface area contributed by atoms with Crippen molar-refractivity contribution in [1.82, 2.24) is 5.48 Å². The molecule has 0 bridgehead atoms. The zero-order chi connectivity index (χ0) is 9.56. The number of hydroxylamine groups is 1. The molecule has 0 heterocycles. The highest BCUT2D eigenvalue weighted by Gasteiger charge is 2.13. The van der Waals surface area contributed by atoms with Crippen LogP contribution in [0.5, 0.6) is 0 Å². The topological polar surface area (TPSA) is 92.7 Å². The second kappa shape index (κ2) is 5.25. The van der Waals surface area contributed by atoms with Crippen molar-refractivity contribution in [2.45, 2.75) is 12.8 Å². The van der Waals surface area contributed by atoms with E-state index in [1.54, 1.807) is 5.48 Å². The number of hydrogen-bond donors (Lipinski definition) is 2. The minimum absolute atomic E-state index is 0.315. The Labute approximate surface area is 68.5 Å². The molecule has 0 radical (unpaired) electrons. The lowest BCUT2D eigenvalue weighted by Gasteiger charge is -1.98. The number of hydrogen-bond acceptors (Lipinski definition) is 4. The Hall–Kier alpha value is -1.43. The van der Waals surface area contributed by atoms with Gasteiger partial charge >= 0.3 is 11.9 Å². The van der Waals surface area contributed by atoms with Crippen LogP contribution in [0, 0.1) is 0 Å². The molecule has 6 heteroatoms. The summed E-state index contributed by atoms with van der Waals surface area (Å²) < 4.78 is 0. The molecule has 0 aliphatic rings. The van der Waals surface area contributed by atoms with Gasteiger partial charge in [-0.3, -0.25) is 19.2 Å². The van der Waals surface area contributed by atoms with Gasteiger partial charge in [0.2, 0.25) is 5.78 Å². The third-order valence-corrected chi connectivity index (χ3v) is 1.01. The number of nitrogens with one attached hydrogen (secondary N) is 1. The standard InChI is InChI=1S/C6H9NO5/c1-12-7-6(11)4(8)2-3-5(9)10/h2-3H2,1H3,(H,7,11)(H,9,10). The highest BCUT2D eigenvalue weighted by atomic mass is 16.6. The van der Waals surface area contributed by atoms with Crippen molar-refractivity contribution in [3.8, 4) is 0 Å². The SMILES string of the molecule is CONC(=O)C(=O)CCC(=O)O. The number of amides is 1. The second-order valence-corrected chi connectivity index (χ2v) is 1.95. The second-order valence-electron chi connectivity index (χ2n) is 1.95. The van der Waals surface area contributed by atoms with Gasteiger partial charge in [0.05, 0.1) is 13.5 Å². The van der Waals surface area contributed by atoms with E-state index >= 15 is 0 Å². The van der Waals surface area contributed by atoms with Crippen LogP contribution in [0.3, 0.4) is 0 Å². The zero-order valence-electron chi connectivity index (χ0n) is 6.49. The lowest BCUT2D eigenvalue weighted by Crippen LogP contribution is -2.30. The summed E-state index contributed by atoms with van der Waals surface area (Å²) in [5.74, 6) is -2.86. The summed E-state index contributed by atoms with van der Waals surface area (Å²) in [4.78, 5) is 35.4. The number of rotatable bonds is 5. The molecule has 6 nitrogen and oxygen atoms in total. The summed E-state index contributed by atoms with van der Waals surface area (Å²) >= 11 is 0. The van der Waals surface area contributed by atoms with Crippen molar-refractivity contribution in [2.75, 3.05) is 7.11 Å². The average molecular weight is 175 g/mol. The van der Waals surface area contributed by atoms with E-state index in [-0.39, 0.29) is 12.8 Å². The Morgan fingerprint density at radius 2 is 1.92 bits per heavy atom. The normalized spacial score (nSPS) is 9.08. The molecule has 0 saturated carbocycles. The fourth-order valence-corrected chi connectivity index (χ4v) is 0.484. The number of carbonyl (C=O) groups excluding carboxylic acids is 2. The van der Waals surface area contributed by atoms with Crippen LogP contribution >= 0.6 is 0 Å². The summed E-state index contributed by atoms with van der Waals surface area (Å²) in [6.07, 6.45) is -0.666. The smallest absolute Gasteiger partial charge is 0.310 e. The van der Waals surface area contributed by atoms with E-state index in [4.69, 9.17) is 5.11 Å². The predicted molar refractivity (Wildman–Crippen MR) is 37.0 cm³/mol. The molecule has 12 heavy (non-hydrogen) atoms. The summed E-state index contributed by atoms with van der Waals surface area (Å²) in [5.41, 5.74) is 1.79. The third-order valence-electron chi connectivity index (χ3n) is 1.01. The molecule has 0 aliphatic carbocycles. The van der Waals surface area contributed by atoms with Gasteiger partial charge < -0.3 is 5.11 Å². The van der Waals surface area contributed by atoms with Crippen LogP contribution in [0.25, 0.3) is 0 Å². The van der Waals surface area contributed by atoms with Crippen molar-refractivity contribution in [3.05, 3.63) is 0 Å². The number of carboxylic acids is 1. The molecule has 68 valence electrons. The number of Topliss-reactive ketones (excluding diaryl/α,β-unsaturated/α-hetero) is 1. The number of carbonyl (C=O) groups is 3. The molecule has 0 unspecified atom stereocenters. The fraction of sp³-hybridized carbons (Fsp3) is 0.500. The summed E-state index contributed by atoms with van der Waals surface area (Å²) in [7, 11) is 1.18. The van der Waals surface area contributed by atoms with Gasteiger partial charge in [-0.1, -0.05) is 0 Å². The van der Waals surface area contributed by atoms with Gasteiger partial charge in [-0.25, -0.2) is 5.48 Å². The number of aliphatic carboxylic acids is 1. The first-order valence-corrected chi connectivity index (χ1v) is 3.16. The molecular formula is C6H9NO5. The van der Waals surface area contributed by atoms with E-state index in [1.807, 2.05) is 0 Å². The molecule has 0 rings (SSSR count). The van der Waals surface area contributed by atoms with E-state index in [2.05, 4.69) is 4.84 Å².